The zero-order valence-electron chi connectivity index (χ0n) is 20.7. The second-order valence-corrected chi connectivity index (χ2v) is 10.2. The number of amides is 1. The van der Waals surface area contributed by atoms with E-state index in [-0.39, 0.29) is 11.9 Å². The number of aromatic nitrogens is 1. The van der Waals surface area contributed by atoms with E-state index in [0.29, 0.717) is 31.7 Å². The zero-order chi connectivity index (χ0) is 23.9. The van der Waals surface area contributed by atoms with E-state index in [1.54, 1.807) is 6.20 Å². The lowest BCUT2D eigenvalue weighted by Crippen LogP contribution is -2.47. The molecule has 1 saturated carbocycles. The number of ether oxygens (including phenoxy) is 1. The molecule has 0 spiro atoms. The number of piperidine rings is 1. The average Bonchev–Trinajstić information content (AvgIpc) is 3.34. The number of benzene rings is 1. The molecule has 7 nitrogen and oxygen atoms in total. The first kappa shape index (κ1) is 24.2. The van der Waals surface area contributed by atoms with Gasteiger partial charge in [0.05, 0.1) is 12.2 Å². The summed E-state index contributed by atoms with van der Waals surface area (Å²) in [5, 5.41) is 0. The highest BCUT2D eigenvalue weighted by Crippen LogP contribution is 2.31. The van der Waals surface area contributed by atoms with Crippen LogP contribution in [0.15, 0.2) is 48.7 Å². The van der Waals surface area contributed by atoms with E-state index in [0.717, 1.165) is 36.4 Å². The summed E-state index contributed by atoms with van der Waals surface area (Å²) >= 11 is 0. The molecule has 2 aromatic rings. The molecule has 1 aliphatic carbocycles. The number of hydrazine groups is 1. The fourth-order valence-corrected chi connectivity index (χ4v) is 5.77. The molecule has 3 unspecified atom stereocenters. The Kier molecular flexibility index (Phi) is 8.29. The minimum absolute atomic E-state index is 0.152. The predicted molar refractivity (Wildman–Crippen MR) is 137 cm³/mol. The first-order chi connectivity index (χ1) is 17.3. The van der Waals surface area contributed by atoms with Gasteiger partial charge in [-0.1, -0.05) is 37.5 Å². The maximum atomic E-state index is 13.7. The lowest BCUT2D eigenvalue weighted by Gasteiger charge is -2.30. The quantitative estimate of drug-likeness (QED) is 0.576. The number of nitrogens with one attached hydrogen (secondary N) is 2. The van der Waals surface area contributed by atoms with Gasteiger partial charge in [0, 0.05) is 31.2 Å². The molecule has 2 aliphatic heterocycles. The number of likely N-dealkylation sites (tertiary alicyclic amines) is 1. The van der Waals surface area contributed by atoms with E-state index in [1.807, 2.05) is 35.2 Å². The van der Waals surface area contributed by atoms with Crippen LogP contribution in [0.2, 0.25) is 0 Å². The minimum Gasteiger partial charge on any atom is -0.492 e. The molecule has 1 aromatic heterocycles. The molecule has 3 atom stereocenters. The van der Waals surface area contributed by atoms with Crippen molar-refractivity contribution in [3.05, 3.63) is 59.9 Å². The number of carbonyl (C=O) groups excluding carboxylic acids is 1. The van der Waals surface area contributed by atoms with Gasteiger partial charge in [0.25, 0.3) is 0 Å². The van der Waals surface area contributed by atoms with Crippen molar-refractivity contribution in [2.24, 2.45) is 5.92 Å². The molecule has 5 rings (SSSR count). The molecule has 7 heteroatoms. The van der Waals surface area contributed by atoms with E-state index in [1.165, 1.54) is 45.2 Å². The van der Waals surface area contributed by atoms with Crippen LogP contribution < -0.4 is 15.6 Å². The average molecular weight is 478 g/mol. The molecule has 3 heterocycles. The van der Waals surface area contributed by atoms with Crippen LogP contribution in [0.5, 0.6) is 5.75 Å². The third-order valence-electron chi connectivity index (χ3n) is 7.75. The zero-order valence-corrected chi connectivity index (χ0v) is 20.7. The Labute approximate surface area is 209 Å². The monoisotopic (exact) mass is 477 g/mol. The molecule has 1 amide bonds. The first-order valence-electron chi connectivity index (χ1n) is 13.4. The number of rotatable bonds is 9. The van der Waals surface area contributed by atoms with Crippen LogP contribution in [-0.4, -0.2) is 59.0 Å². The van der Waals surface area contributed by atoms with Crippen molar-refractivity contribution in [3.8, 4) is 5.75 Å². The third-order valence-corrected chi connectivity index (χ3v) is 7.75. The predicted octanol–water partition coefficient (Wildman–Crippen LogP) is 3.51. The number of hydrogen-bond donors (Lipinski definition) is 2. The van der Waals surface area contributed by atoms with Crippen molar-refractivity contribution < 1.29 is 9.53 Å². The van der Waals surface area contributed by atoms with Gasteiger partial charge in [0.2, 0.25) is 5.91 Å². The van der Waals surface area contributed by atoms with Crippen molar-refractivity contribution in [2.45, 2.75) is 70.1 Å². The lowest BCUT2D eigenvalue weighted by molar-refractivity contribution is -0.135. The van der Waals surface area contributed by atoms with Crippen LogP contribution in [0.3, 0.4) is 0 Å². The van der Waals surface area contributed by atoms with E-state index < -0.39 is 0 Å². The van der Waals surface area contributed by atoms with Crippen LogP contribution in [0, 0.1) is 5.92 Å². The molecular formula is C28H39N5O2. The highest BCUT2D eigenvalue weighted by molar-refractivity contribution is 5.82. The van der Waals surface area contributed by atoms with Crippen molar-refractivity contribution in [2.75, 3.05) is 26.2 Å². The molecule has 1 aromatic carbocycles. The van der Waals surface area contributed by atoms with E-state index in [9.17, 15) is 4.79 Å². The Morgan fingerprint density at radius 3 is 2.60 bits per heavy atom. The van der Waals surface area contributed by atoms with Gasteiger partial charge in [-0.3, -0.25) is 20.1 Å². The van der Waals surface area contributed by atoms with Crippen molar-refractivity contribution in [3.63, 3.8) is 0 Å². The summed E-state index contributed by atoms with van der Waals surface area (Å²) in [6.45, 7) is 5.14. The van der Waals surface area contributed by atoms with Crippen molar-refractivity contribution >= 4 is 5.91 Å². The number of nitrogens with zero attached hydrogens (tertiary/aromatic N) is 3. The van der Waals surface area contributed by atoms with Crippen LogP contribution >= 0.6 is 0 Å². The maximum Gasteiger partial charge on any atom is 0.242 e. The van der Waals surface area contributed by atoms with Crippen LogP contribution in [-0.2, 0) is 17.9 Å². The highest BCUT2D eigenvalue weighted by atomic mass is 16.5. The summed E-state index contributed by atoms with van der Waals surface area (Å²) in [6.07, 6.45) is 10.4. The summed E-state index contributed by atoms with van der Waals surface area (Å²) in [7, 11) is 0. The number of hydrogen-bond acceptors (Lipinski definition) is 6. The molecule has 0 bridgehead atoms. The molecular weight excluding hydrogens is 438 g/mol. The summed E-state index contributed by atoms with van der Waals surface area (Å²) in [4.78, 5) is 22.7. The summed E-state index contributed by atoms with van der Waals surface area (Å²) in [5.41, 5.74) is 8.72. The lowest BCUT2D eigenvalue weighted by atomic mass is 9.81. The largest absolute Gasteiger partial charge is 0.492 e. The smallest absolute Gasteiger partial charge is 0.242 e. The first-order valence-corrected chi connectivity index (χ1v) is 13.4. The van der Waals surface area contributed by atoms with Gasteiger partial charge >= 0.3 is 0 Å². The Morgan fingerprint density at radius 2 is 1.80 bits per heavy atom. The Bertz CT molecular complexity index is 932. The van der Waals surface area contributed by atoms with E-state index >= 15 is 0 Å². The Balaban J connectivity index is 1.21. The van der Waals surface area contributed by atoms with Gasteiger partial charge in [-0.05, 0) is 68.6 Å². The Hall–Kier alpha value is -2.48. The van der Waals surface area contributed by atoms with Gasteiger partial charge in [0.15, 0.2) is 0 Å². The van der Waals surface area contributed by atoms with Gasteiger partial charge < -0.3 is 9.64 Å². The number of pyridine rings is 1. The molecule has 3 aliphatic rings. The van der Waals surface area contributed by atoms with Gasteiger partial charge in [-0.25, -0.2) is 5.43 Å². The van der Waals surface area contributed by atoms with Crippen LogP contribution in [0.4, 0.5) is 0 Å². The second kappa shape index (κ2) is 12.0. The maximum absolute atomic E-state index is 13.7. The van der Waals surface area contributed by atoms with Gasteiger partial charge in [-0.2, -0.15) is 0 Å². The van der Waals surface area contributed by atoms with E-state index in [4.69, 9.17) is 4.74 Å². The summed E-state index contributed by atoms with van der Waals surface area (Å²) in [5.74, 6) is 1.40. The fraction of sp³-hybridized carbons (Fsp3) is 0.571. The number of fused-ring (bicyclic) bond motifs is 1. The van der Waals surface area contributed by atoms with Gasteiger partial charge in [-0.15, -0.1) is 0 Å². The van der Waals surface area contributed by atoms with Crippen molar-refractivity contribution in [1.82, 2.24) is 25.6 Å². The van der Waals surface area contributed by atoms with Crippen molar-refractivity contribution in [1.29, 1.82) is 0 Å². The minimum atomic E-state index is -0.179. The standard InChI is InChI=1S/C28H39N5O2/c34-28(27-25-9-2-3-10-26(25)30-31-27)33(21-23-8-4-5-15-29-23)20-22-11-13-24(14-12-22)35-19-18-32-16-6-1-7-17-32/h4-5,8,11-15,25-27,30-31H,1-3,6-7,9-10,16-21H2. The molecule has 0 radical (unpaired) electrons. The van der Waals surface area contributed by atoms with E-state index in [2.05, 4.69) is 32.9 Å². The third kappa shape index (κ3) is 6.40. The molecule has 2 saturated heterocycles. The molecule has 188 valence electrons. The SMILES string of the molecule is O=C(C1NNC2CCCCC21)N(Cc1ccc(OCCN2CCCCC2)cc1)Cc1ccccn1. The topological polar surface area (TPSA) is 69.7 Å². The second-order valence-electron chi connectivity index (χ2n) is 10.2. The van der Waals surface area contributed by atoms with Gasteiger partial charge in [0.1, 0.15) is 18.4 Å². The Morgan fingerprint density at radius 1 is 0.971 bits per heavy atom. The normalized spacial score (nSPS) is 24.6. The summed E-state index contributed by atoms with van der Waals surface area (Å²) in [6, 6.07) is 14.3. The molecule has 2 N–H and O–H groups in total. The molecule has 3 fully saturated rings. The summed E-state index contributed by atoms with van der Waals surface area (Å²) < 4.78 is 6.00. The van der Waals surface area contributed by atoms with Crippen LogP contribution in [0.1, 0.15) is 56.2 Å². The number of carbonyl (C=O) groups is 1. The van der Waals surface area contributed by atoms with Crippen LogP contribution in [0.25, 0.3) is 0 Å². The highest BCUT2D eigenvalue weighted by Gasteiger charge is 2.42. The fourth-order valence-electron chi connectivity index (χ4n) is 5.77. The molecule has 35 heavy (non-hydrogen) atoms.